The summed E-state index contributed by atoms with van der Waals surface area (Å²) in [5.41, 5.74) is 6.04. The highest BCUT2D eigenvalue weighted by molar-refractivity contribution is 5.95. The molecule has 142 valence electrons. The van der Waals surface area contributed by atoms with Crippen molar-refractivity contribution in [1.82, 2.24) is 9.72 Å². The van der Waals surface area contributed by atoms with Crippen LogP contribution in [0, 0.1) is 5.82 Å². The van der Waals surface area contributed by atoms with Crippen molar-refractivity contribution < 1.29 is 13.7 Å². The normalized spacial score (nSPS) is 25.1. The highest BCUT2D eigenvalue weighted by Gasteiger charge is 2.33. The number of aromatic amines is 1. The molecular formula is C19H20FN3O4. The van der Waals surface area contributed by atoms with Gasteiger partial charge in [0.25, 0.3) is 5.56 Å². The first kappa shape index (κ1) is 16.6. The van der Waals surface area contributed by atoms with E-state index in [0.29, 0.717) is 23.4 Å². The van der Waals surface area contributed by atoms with Gasteiger partial charge in [0.15, 0.2) is 5.39 Å². The van der Waals surface area contributed by atoms with Crippen LogP contribution in [-0.4, -0.2) is 22.4 Å². The lowest BCUT2D eigenvalue weighted by Crippen LogP contribution is -2.28. The third kappa shape index (κ3) is 2.22. The average Bonchev–Trinajstić information content (AvgIpc) is 3.03. The van der Waals surface area contributed by atoms with Gasteiger partial charge in [-0.05, 0) is 44.6 Å². The Labute approximate surface area is 152 Å². The first-order valence-corrected chi connectivity index (χ1v) is 9.27. The van der Waals surface area contributed by atoms with E-state index in [1.165, 1.54) is 6.07 Å². The highest BCUT2D eigenvalue weighted by Crippen LogP contribution is 2.44. The number of fused-ring (bicyclic) bond motifs is 2. The first-order chi connectivity index (χ1) is 13.0. The van der Waals surface area contributed by atoms with Crippen molar-refractivity contribution >= 4 is 22.0 Å². The molecule has 0 amide bonds. The van der Waals surface area contributed by atoms with Crippen LogP contribution in [0.1, 0.15) is 50.1 Å². The minimum atomic E-state index is -0.605. The molecule has 5 rings (SSSR count). The van der Waals surface area contributed by atoms with E-state index in [1.54, 1.807) is 4.57 Å². The Hall–Kier alpha value is -2.61. The first-order valence-electron chi connectivity index (χ1n) is 9.27. The molecule has 0 radical (unpaired) electrons. The number of pyridine rings is 1. The quantitative estimate of drug-likeness (QED) is 0.682. The third-order valence-corrected chi connectivity index (χ3v) is 5.95. The molecule has 27 heavy (non-hydrogen) atoms. The maximum Gasteiger partial charge on any atom is 0.293 e. The molecule has 0 bridgehead atoms. The largest absolute Gasteiger partial charge is 0.489 e. The number of nitrogens with zero attached hydrogens (tertiary/aromatic N) is 1. The van der Waals surface area contributed by atoms with Crippen molar-refractivity contribution in [2.45, 2.75) is 50.6 Å². The molecule has 2 aliphatic rings. The molecule has 3 heterocycles. The van der Waals surface area contributed by atoms with Crippen molar-refractivity contribution in [2.24, 2.45) is 5.73 Å². The van der Waals surface area contributed by atoms with Crippen molar-refractivity contribution in [1.29, 1.82) is 0 Å². The van der Waals surface area contributed by atoms with Crippen LogP contribution in [0.25, 0.3) is 22.0 Å². The summed E-state index contributed by atoms with van der Waals surface area (Å²) in [5.74, 6) is -0.0723. The van der Waals surface area contributed by atoms with Gasteiger partial charge in [-0.15, -0.1) is 0 Å². The van der Waals surface area contributed by atoms with Crippen molar-refractivity contribution in [2.75, 3.05) is 6.61 Å². The summed E-state index contributed by atoms with van der Waals surface area (Å²) in [6.45, 7) is 2.21. The van der Waals surface area contributed by atoms with Crippen molar-refractivity contribution in [3.63, 3.8) is 0 Å². The number of hydrogen-bond acceptors (Lipinski definition) is 5. The molecule has 1 aliphatic carbocycles. The topological polar surface area (TPSA) is 103 Å². The van der Waals surface area contributed by atoms with E-state index in [0.717, 1.165) is 25.7 Å². The highest BCUT2D eigenvalue weighted by atomic mass is 19.1. The van der Waals surface area contributed by atoms with Gasteiger partial charge < -0.3 is 15.0 Å². The molecule has 1 aliphatic heterocycles. The second-order valence-corrected chi connectivity index (χ2v) is 7.68. The lowest BCUT2D eigenvalue weighted by molar-refractivity contribution is 0.237. The van der Waals surface area contributed by atoms with E-state index in [1.807, 2.05) is 6.92 Å². The lowest BCUT2D eigenvalue weighted by atomic mass is 9.81. The Balaban J connectivity index is 1.89. The van der Waals surface area contributed by atoms with Gasteiger partial charge in [-0.25, -0.2) is 4.39 Å². The predicted molar refractivity (Wildman–Crippen MR) is 97.9 cm³/mol. The maximum atomic E-state index is 15.1. The number of rotatable bonds is 1. The smallest absolute Gasteiger partial charge is 0.293 e. The standard InChI is InChI=1S/C19H20FN3O4/c1-8-7-26-17-13(9-2-4-10(21)5-3-9)12(20)6-11-15(17)23(8)19-14(16(11)24)18(25)22-27-19/h6,8-10H,2-5,7,21H2,1H3,(H,22,25). The molecule has 3 aromatic rings. The van der Waals surface area contributed by atoms with Gasteiger partial charge >= 0.3 is 0 Å². The third-order valence-electron chi connectivity index (χ3n) is 5.95. The number of nitrogens with one attached hydrogen (secondary N) is 1. The number of halogens is 1. The Morgan fingerprint density at radius 1 is 1.26 bits per heavy atom. The zero-order chi connectivity index (χ0) is 18.9. The molecule has 1 fully saturated rings. The summed E-state index contributed by atoms with van der Waals surface area (Å²) in [5, 5.41) is 2.29. The van der Waals surface area contributed by atoms with Gasteiger partial charge in [-0.1, -0.05) is 0 Å². The van der Waals surface area contributed by atoms with E-state index < -0.39 is 16.8 Å². The molecule has 0 saturated heterocycles. The van der Waals surface area contributed by atoms with Crippen LogP contribution in [0.3, 0.4) is 0 Å². The number of nitrogens with two attached hydrogens (primary N) is 1. The van der Waals surface area contributed by atoms with Gasteiger partial charge in [-0.2, -0.15) is 5.16 Å². The number of H-pyrrole nitrogens is 1. The van der Waals surface area contributed by atoms with E-state index in [4.69, 9.17) is 15.0 Å². The minimum absolute atomic E-state index is 0.00455. The number of ether oxygens (including phenoxy) is 1. The summed E-state index contributed by atoms with van der Waals surface area (Å²) < 4.78 is 28.2. The predicted octanol–water partition coefficient (Wildman–Crippen LogP) is 2.51. The fraction of sp³-hybridized carbons (Fsp3) is 0.474. The van der Waals surface area contributed by atoms with Crippen LogP contribution in [0.4, 0.5) is 4.39 Å². The van der Waals surface area contributed by atoms with E-state index >= 15 is 4.39 Å². The van der Waals surface area contributed by atoms with Crippen LogP contribution in [0.5, 0.6) is 5.75 Å². The van der Waals surface area contributed by atoms with Gasteiger partial charge in [0, 0.05) is 11.6 Å². The van der Waals surface area contributed by atoms with Crippen LogP contribution in [-0.2, 0) is 0 Å². The van der Waals surface area contributed by atoms with Gasteiger partial charge in [0.05, 0.1) is 16.9 Å². The molecular weight excluding hydrogens is 353 g/mol. The zero-order valence-electron chi connectivity index (χ0n) is 14.9. The molecule has 1 unspecified atom stereocenters. The average molecular weight is 373 g/mol. The Morgan fingerprint density at radius 2 is 2.00 bits per heavy atom. The molecule has 1 atom stereocenters. The number of benzene rings is 1. The van der Waals surface area contributed by atoms with Gasteiger partial charge in [0.2, 0.25) is 11.1 Å². The van der Waals surface area contributed by atoms with Crippen LogP contribution < -0.4 is 21.5 Å². The van der Waals surface area contributed by atoms with Gasteiger partial charge in [0.1, 0.15) is 18.2 Å². The lowest BCUT2D eigenvalue weighted by Gasteiger charge is -2.32. The number of aromatic nitrogens is 2. The summed E-state index contributed by atoms with van der Waals surface area (Å²) in [6, 6.07) is 1.23. The summed E-state index contributed by atoms with van der Waals surface area (Å²) in [7, 11) is 0. The van der Waals surface area contributed by atoms with E-state index in [-0.39, 0.29) is 34.5 Å². The minimum Gasteiger partial charge on any atom is -0.489 e. The van der Waals surface area contributed by atoms with E-state index in [9.17, 15) is 9.59 Å². The van der Waals surface area contributed by atoms with Crippen LogP contribution in [0.15, 0.2) is 20.2 Å². The molecule has 2 aromatic heterocycles. The maximum absolute atomic E-state index is 15.1. The molecule has 0 spiro atoms. The molecule has 1 saturated carbocycles. The molecule has 7 nitrogen and oxygen atoms in total. The fourth-order valence-corrected chi connectivity index (χ4v) is 4.58. The summed E-state index contributed by atoms with van der Waals surface area (Å²) >= 11 is 0. The molecule has 8 heteroatoms. The fourth-order valence-electron chi connectivity index (χ4n) is 4.58. The second-order valence-electron chi connectivity index (χ2n) is 7.68. The van der Waals surface area contributed by atoms with Crippen molar-refractivity contribution in [3.05, 3.63) is 38.0 Å². The monoisotopic (exact) mass is 373 g/mol. The number of hydrogen-bond donors (Lipinski definition) is 2. The summed E-state index contributed by atoms with van der Waals surface area (Å²) in [4.78, 5) is 24.9. The Bertz CT molecular complexity index is 1180. The van der Waals surface area contributed by atoms with Crippen molar-refractivity contribution in [3.8, 4) is 5.75 Å². The zero-order valence-corrected chi connectivity index (χ0v) is 14.9. The summed E-state index contributed by atoms with van der Waals surface area (Å²) in [6.07, 6.45) is 3.22. The Morgan fingerprint density at radius 3 is 2.74 bits per heavy atom. The second kappa shape index (κ2) is 5.69. The SMILES string of the molecule is CC1COc2c(C3CCC(N)CC3)c(F)cc3c(=O)c4c(=O)[nH]oc4n1c23. The van der Waals surface area contributed by atoms with E-state index in [2.05, 4.69) is 5.16 Å². The van der Waals surface area contributed by atoms with Gasteiger partial charge in [-0.3, -0.25) is 14.2 Å². The van der Waals surface area contributed by atoms with Crippen LogP contribution in [0.2, 0.25) is 0 Å². The molecule has 3 N–H and O–H groups in total. The van der Waals surface area contributed by atoms with Crippen LogP contribution >= 0.6 is 0 Å². The molecule has 1 aromatic carbocycles. The Kier molecular flexibility index (Phi) is 3.49.